The molecular formula is C20H25N5OS. The summed E-state index contributed by atoms with van der Waals surface area (Å²) < 4.78 is 1.77. The Morgan fingerprint density at radius 1 is 1.30 bits per heavy atom. The monoisotopic (exact) mass is 383 g/mol. The molecule has 3 rings (SSSR count). The molecule has 0 aliphatic rings. The van der Waals surface area contributed by atoms with Crippen molar-refractivity contribution >= 4 is 22.9 Å². The number of hydrogen-bond donors (Lipinski definition) is 1. The van der Waals surface area contributed by atoms with Gasteiger partial charge in [0.25, 0.3) is 5.91 Å². The number of anilines is 1. The van der Waals surface area contributed by atoms with Gasteiger partial charge in [-0.1, -0.05) is 12.1 Å². The van der Waals surface area contributed by atoms with Gasteiger partial charge in [-0.15, -0.1) is 11.3 Å². The number of thiazole rings is 1. The van der Waals surface area contributed by atoms with Crippen molar-refractivity contribution in [2.45, 2.75) is 33.4 Å². The summed E-state index contributed by atoms with van der Waals surface area (Å²) in [6, 6.07) is 8.00. The summed E-state index contributed by atoms with van der Waals surface area (Å²) in [7, 11) is 3.95. The van der Waals surface area contributed by atoms with E-state index in [1.165, 1.54) is 0 Å². The summed E-state index contributed by atoms with van der Waals surface area (Å²) >= 11 is 1.67. The Hall–Kier alpha value is -2.51. The minimum Gasteiger partial charge on any atom is -0.319 e. The maximum atomic E-state index is 12.6. The Morgan fingerprint density at radius 2 is 2.00 bits per heavy atom. The van der Waals surface area contributed by atoms with Crippen molar-refractivity contribution in [3.05, 3.63) is 63.4 Å². The largest absolute Gasteiger partial charge is 0.319 e. The highest BCUT2D eigenvalue weighted by atomic mass is 32.1. The summed E-state index contributed by atoms with van der Waals surface area (Å²) in [4.78, 5) is 19.2. The van der Waals surface area contributed by atoms with Gasteiger partial charge in [-0.2, -0.15) is 5.10 Å². The first-order valence-corrected chi connectivity index (χ1v) is 9.75. The third kappa shape index (κ3) is 4.26. The van der Waals surface area contributed by atoms with Crippen LogP contribution >= 0.6 is 11.3 Å². The van der Waals surface area contributed by atoms with Gasteiger partial charge in [0.2, 0.25) is 0 Å². The molecule has 0 aliphatic heterocycles. The molecule has 0 fully saturated rings. The Morgan fingerprint density at radius 3 is 2.56 bits per heavy atom. The number of nitrogens with zero attached hydrogens (tertiary/aromatic N) is 4. The second-order valence-corrected chi connectivity index (χ2v) is 7.71. The molecule has 0 unspecified atom stereocenters. The van der Waals surface area contributed by atoms with E-state index in [0.29, 0.717) is 5.56 Å². The van der Waals surface area contributed by atoms with Crippen LogP contribution in [0.3, 0.4) is 0 Å². The van der Waals surface area contributed by atoms with E-state index >= 15 is 0 Å². The molecule has 0 saturated heterocycles. The number of carbonyl (C=O) groups excluding carboxylic acids is 1. The highest BCUT2D eigenvalue weighted by Crippen LogP contribution is 2.23. The molecule has 2 aromatic heterocycles. The van der Waals surface area contributed by atoms with Gasteiger partial charge in [-0.3, -0.25) is 14.4 Å². The van der Waals surface area contributed by atoms with E-state index in [2.05, 4.69) is 34.3 Å². The van der Waals surface area contributed by atoms with E-state index < -0.39 is 0 Å². The molecule has 3 aromatic rings. The summed E-state index contributed by atoms with van der Waals surface area (Å²) in [6.07, 6.45) is 1.84. The van der Waals surface area contributed by atoms with E-state index in [0.717, 1.165) is 34.2 Å². The first kappa shape index (κ1) is 19.3. The Kier molecular flexibility index (Phi) is 5.72. The van der Waals surface area contributed by atoms with Crippen molar-refractivity contribution in [3.63, 3.8) is 0 Å². The number of aromatic nitrogens is 3. The Balaban J connectivity index is 1.65. The lowest BCUT2D eigenvalue weighted by Crippen LogP contribution is -2.21. The van der Waals surface area contributed by atoms with Crippen LogP contribution in [0.5, 0.6) is 0 Å². The first-order valence-electron chi connectivity index (χ1n) is 8.87. The molecule has 1 N–H and O–H groups in total. The minimum absolute atomic E-state index is 0.120. The van der Waals surface area contributed by atoms with Gasteiger partial charge >= 0.3 is 0 Å². The van der Waals surface area contributed by atoms with Gasteiger partial charge in [0.15, 0.2) is 0 Å². The lowest BCUT2D eigenvalue weighted by Gasteiger charge is -2.23. The van der Waals surface area contributed by atoms with Gasteiger partial charge in [0.1, 0.15) is 5.01 Å². The van der Waals surface area contributed by atoms with Crippen LogP contribution in [0.2, 0.25) is 0 Å². The molecule has 0 aliphatic carbocycles. The molecule has 2 heterocycles. The second-order valence-electron chi connectivity index (χ2n) is 6.78. The normalized spacial score (nSPS) is 12.4. The average molecular weight is 384 g/mol. The Labute approximate surface area is 163 Å². The summed E-state index contributed by atoms with van der Waals surface area (Å²) in [5, 5.41) is 10.4. The molecule has 0 bridgehead atoms. The number of amides is 1. The van der Waals surface area contributed by atoms with Crippen LogP contribution in [0.4, 0.5) is 5.69 Å². The highest BCUT2D eigenvalue weighted by molar-refractivity contribution is 7.09. The van der Waals surface area contributed by atoms with Crippen LogP contribution in [0.25, 0.3) is 0 Å². The van der Waals surface area contributed by atoms with E-state index in [1.54, 1.807) is 16.0 Å². The van der Waals surface area contributed by atoms with Crippen molar-refractivity contribution in [1.29, 1.82) is 0 Å². The molecule has 0 radical (unpaired) electrons. The van der Waals surface area contributed by atoms with Gasteiger partial charge in [-0.05, 0) is 45.5 Å². The number of benzene rings is 1. The predicted molar refractivity (Wildman–Crippen MR) is 109 cm³/mol. The number of rotatable bonds is 6. The standard InChI is InChI=1S/C20H25N5OS/c1-13-18(14(2)25(5)23-13)22-19(26)17-8-6-16(7-9-17)12-24(4)15(3)20-21-10-11-27-20/h6-11,15H,12H2,1-5H3,(H,22,26)/t15-/m1/s1. The third-order valence-electron chi connectivity index (χ3n) is 4.87. The zero-order chi connectivity index (χ0) is 19.6. The Bertz CT molecular complexity index is 915. The minimum atomic E-state index is -0.120. The van der Waals surface area contributed by atoms with Crippen molar-refractivity contribution in [3.8, 4) is 0 Å². The maximum Gasteiger partial charge on any atom is 0.255 e. The smallest absolute Gasteiger partial charge is 0.255 e. The lowest BCUT2D eigenvalue weighted by molar-refractivity contribution is 0.102. The number of aryl methyl sites for hydroxylation is 2. The number of hydrogen-bond acceptors (Lipinski definition) is 5. The van der Waals surface area contributed by atoms with Gasteiger partial charge < -0.3 is 5.32 Å². The maximum absolute atomic E-state index is 12.6. The average Bonchev–Trinajstić information content (AvgIpc) is 3.26. The van der Waals surface area contributed by atoms with E-state index in [9.17, 15) is 4.79 Å². The summed E-state index contributed by atoms with van der Waals surface area (Å²) in [5.74, 6) is -0.120. The van der Waals surface area contributed by atoms with Gasteiger partial charge in [-0.25, -0.2) is 4.98 Å². The van der Waals surface area contributed by atoms with E-state index in [-0.39, 0.29) is 11.9 Å². The molecule has 1 atom stereocenters. The molecule has 1 aromatic carbocycles. The topological polar surface area (TPSA) is 63.1 Å². The zero-order valence-corrected chi connectivity index (χ0v) is 17.2. The van der Waals surface area contributed by atoms with Crippen molar-refractivity contribution in [2.75, 3.05) is 12.4 Å². The molecule has 27 heavy (non-hydrogen) atoms. The zero-order valence-electron chi connectivity index (χ0n) is 16.4. The van der Waals surface area contributed by atoms with Crippen LogP contribution < -0.4 is 5.32 Å². The van der Waals surface area contributed by atoms with Crippen LogP contribution in [0, 0.1) is 13.8 Å². The quantitative estimate of drug-likeness (QED) is 0.700. The lowest BCUT2D eigenvalue weighted by atomic mass is 10.1. The molecule has 0 saturated carbocycles. The summed E-state index contributed by atoms with van der Waals surface area (Å²) in [5.41, 5.74) is 4.33. The molecule has 6 nitrogen and oxygen atoms in total. The van der Waals surface area contributed by atoms with Gasteiger partial charge in [0.05, 0.1) is 23.1 Å². The predicted octanol–water partition coefficient (Wildman–Crippen LogP) is 3.94. The van der Waals surface area contributed by atoms with Gasteiger partial charge in [0, 0.05) is 30.7 Å². The van der Waals surface area contributed by atoms with Crippen molar-refractivity contribution in [1.82, 2.24) is 19.7 Å². The SMILES string of the molecule is Cc1nn(C)c(C)c1NC(=O)c1ccc(CN(C)[C@H](C)c2nccs2)cc1. The fourth-order valence-corrected chi connectivity index (χ4v) is 3.72. The van der Waals surface area contributed by atoms with Crippen molar-refractivity contribution in [2.24, 2.45) is 7.05 Å². The summed E-state index contributed by atoms with van der Waals surface area (Å²) in [6.45, 7) is 6.78. The van der Waals surface area contributed by atoms with E-state index in [1.807, 2.05) is 56.7 Å². The van der Waals surface area contributed by atoms with Crippen LogP contribution in [0.15, 0.2) is 35.8 Å². The number of nitrogens with one attached hydrogen (secondary N) is 1. The van der Waals surface area contributed by atoms with Crippen LogP contribution in [0.1, 0.15) is 45.3 Å². The third-order valence-corrected chi connectivity index (χ3v) is 5.81. The van der Waals surface area contributed by atoms with Crippen LogP contribution in [-0.2, 0) is 13.6 Å². The molecule has 1 amide bonds. The molecule has 7 heteroatoms. The first-order chi connectivity index (χ1) is 12.9. The highest BCUT2D eigenvalue weighted by Gasteiger charge is 2.16. The van der Waals surface area contributed by atoms with Crippen LogP contribution in [-0.4, -0.2) is 32.6 Å². The fourth-order valence-electron chi connectivity index (χ4n) is 2.96. The van der Waals surface area contributed by atoms with Crippen molar-refractivity contribution < 1.29 is 4.79 Å². The molecule has 142 valence electrons. The number of carbonyl (C=O) groups is 1. The second kappa shape index (κ2) is 8.02. The molecule has 0 spiro atoms. The molecular weight excluding hydrogens is 358 g/mol. The van der Waals surface area contributed by atoms with E-state index in [4.69, 9.17) is 0 Å². The fraction of sp³-hybridized carbons (Fsp3) is 0.350.